The fourth-order valence-electron chi connectivity index (χ4n) is 2.37. The molecule has 0 spiro atoms. The SMILES string of the molecule is CN(C)c1ccc(/C=C2\C(=O)OC(=O)c3ccccc32)cc1. The van der Waals surface area contributed by atoms with Gasteiger partial charge in [0.1, 0.15) is 0 Å². The average molecular weight is 293 g/mol. The number of hydrogen-bond acceptors (Lipinski definition) is 4. The Morgan fingerprint density at radius 2 is 1.50 bits per heavy atom. The van der Waals surface area contributed by atoms with Gasteiger partial charge in [0.05, 0.1) is 11.1 Å². The van der Waals surface area contributed by atoms with Gasteiger partial charge in [0, 0.05) is 25.3 Å². The highest BCUT2D eigenvalue weighted by atomic mass is 16.6. The summed E-state index contributed by atoms with van der Waals surface area (Å²) in [5.74, 6) is -1.21. The van der Waals surface area contributed by atoms with Gasteiger partial charge in [-0.2, -0.15) is 0 Å². The fraction of sp³-hybridized carbons (Fsp3) is 0.111. The van der Waals surface area contributed by atoms with Crippen LogP contribution in [-0.4, -0.2) is 26.0 Å². The van der Waals surface area contributed by atoms with Gasteiger partial charge in [0.15, 0.2) is 0 Å². The van der Waals surface area contributed by atoms with E-state index in [1.165, 1.54) is 0 Å². The molecule has 0 amide bonds. The van der Waals surface area contributed by atoms with Crippen molar-refractivity contribution in [3.05, 3.63) is 65.2 Å². The second kappa shape index (κ2) is 5.48. The van der Waals surface area contributed by atoms with Gasteiger partial charge >= 0.3 is 11.9 Å². The van der Waals surface area contributed by atoms with Gasteiger partial charge < -0.3 is 9.64 Å². The minimum absolute atomic E-state index is 0.396. The molecule has 4 nitrogen and oxygen atoms in total. The maximum atomic E-state index is 12.0. The molecule has 0 bridgehead atoms. The van der Waals surface area contributed by atoms with Crippen molar-refractivity contribution in [2.45, 2.75) is 0 Å². The van der Waals surface area contributed by atoms with E-state index in [1.807, 2.05) is 43.3 Å². The van der Waals surface area contributed by atoms with Crippen molar-refractivity contribution in [2.75, 3.05) is 19.0 Å². The normalized spacial score (nSPS) is 15.5. The summed E-state index contributed by atoms with van der Waals surface area (Å²) in [4.78, 5) is 25.8. The van der Waals surface area contributed by atoms with Gasteiger partial charge in [0.25, 0.3) is 0 Å². The van der Waals surface area contributed by atoms with Crippen LogP contribution in [0.4, 0.5) is 5.69 Å². The Morgan fingerprint density at radius 1 is 0.864 bits per heavy atom. The molecule has 0 N–H and O–H groups in total. The molecule has 1 heterocycles. The molecule has 22 heavy (non-hydrogen) atoms. The first-order valence-corrected chi connectivity index (χ1v) is 6.91. The molecule has 3 rings (SSSR count). The number of ether oxygens (including phenoxy) is 1. The minimum atomic E-state index is -0.611. The maximum Gasteiger partial charge on any atom is 0.346 e. The summed E-state index contributed by atoms with van der Waals surface area (Å²) < 4.78 is 4.81. The predicted octanol–water partition coefficient (Wildman–Crippen LogP) is 2.99. The van der Waals surface area contributed by atoms with E-state index >= 15 is 0 Å². The summed E-state index contributed by atoms with van der Waals surface area (Å²) >= 11 is 0. The van der Waals surface area contributed by atoms with E-state index in [4.69, 9.17) is 4.74 Å². The molecule has 1 aliphatic rings. The van der Waals surface area contributed by atoms with Crippen LogP contribution in [0.5, 0.6) is 0 Å². The van der Waals surface area contributed by atoms with Crippen molar-refractivity contribution in [3.8, 4) is 0 Å². The van der Waals surface area contributed by atoms with Crippen LogP contribution in [0.25, 0.3) is 11.6 Å². The number of nitrogens with zero attached hydrogens (tertiary/aromatic N) is 1. The molecule has 110 valence electrons. The lowest BCUT2D eigenvalue weighted by molar-refractivity contribution is -0.131. The van der Waals surface area contributed by atoms with Crippen LogP contribution >= 0.6 is 0 Å². The fourth-order valence-corrected chi connectivity index (χ4v) is 2.37. The number of carbonyl (C=O) groups excluding carboxylic acids is 2. The lowest BCUT2D eigenvalue weighted by Crippen LogP contribution is -2.21. The maximum absolute atomic E-state index is 12.0. The molecule has 0 unspecified atom stereocenters. The third-order valence-corrected chi connectivity index (χ3v) is 3.56. The quantitative estimate of drug-likeness (QED) is 0.485. The zero-order chi connectivity index (χ0) is 15.7. The van der Waals surface area contributed by atoms with E-state index in [0.29, 0.717) is 16.7 Å². The highest BCUT2D eigenvalue weighted by Gasteiger charge is 2.28. The summed E-state index contributed by atoms with van der Waals surface area (Å²) in [6.07, 6.45) is 1.74. The highest BCUT2D eigenvalue weighted by molar-refractivity contribution is 6.29. The van der Waals surface area contributed by atoms with Crippen molar-refractivity contribution in [1.82, 2.24) is 0 Å². The van der Waals surface area contributed by atoms with Crippen LogP contribution < -0.4 is 4.90 Å². The van der Waals surface area contributed by atoms with Crippen molar-refractivity contribution in [2.24, 2.45) is 0 Å². The molecule has 0 saturated carbocycles. The van der Waals surface area contributed by atoms with Gasteiger partial charge in [-0.3, -0.25) is 0 Å². The van der Waals surface area contributed by atoms with Gasteiger partial charge in [-0.05, 0) is 29.8 Å². The number of anilines is 1. The van der Waals surface area contributed by atoms with E-state index in [-0.39, 0.29) is 0 Å². The number of esters is 2. The molecule has 0 radical (unpaired) electrons. The molecule has 0 fully saturated rings. The zero-order valence-electron chi connectivity index (χ0n) is 12.4. The number of hydrogen-bond donors (Lipinski definition) is 0. The Labute approximate surface area is 128 Å². The summed E-state index contributed by atoms with van der Waals surface area (Å²) in [6, 6.07) is 14.8. The first-order valence-electron chi connectivity index (χ1n) is 6.91. The number of fused-ring (bicyclic) bond motifs is 1. The van der Waals surface area contributed by atoms with Gasteiger partial charge in [-0.25, -0.2) is 9.59 Å². The van der Waals surface area contributed by atoms with Crippen LogP contribution in [-0.2, 0) is 9.53 Å². The third kappa shape index (κ3) is 2.51. The van der Waals surface area contributed by atoms with Crippen molar-refractivity contribution >= 4 is 29.3 Å². The van der Waals surface area contributed by atoms with Crippen LogP contribution in [0, 0.1) is 0 Å². The van der Waals surface area contributed by atoms with Crippen LogP contribution in [0.2, 0.25) is 0 Å². The Morgan fingerprint density at radius 3 is 2.14 bits per heavy atom. The second-order valence-corrected chi connectivity index (χ2v) is 5.27. The molecule has 4 heteroatoms. The molecule has 0 aromatic heterocycles. The third-order valence-electron chi connectivity index (χ3n) is 3.56. The summed E-state index contributed by atoms with van der Waals surface area (Å²) in [5.41, 5.74) is 3.37. The van der Waals surface area contributed by atoms with E-state index in [1.54, 1.807) is 30.3 Å². The Kier molecular flexibility index (Phi) is 3.51. The lowest BCUT2D eigenvalue weighted by Gasteiger charge is -2.17. The molecule has 0 saturated heterocycles. The first kappa shape index (κ1) is 14.1. The van der Waals surface area contributed by atoms with Gasteiger partial charge in [-0.1, -0.05) is 30.3 Å². The average Bonchev–Trinajstić information content (AvgIpc) is 2.52. The van der Waals surface area contributed by atoms with Gasteiger partial charge in [0.2, 0.25) is 0 Å². The molecule has 0 aliphatic carbocycles. The molecular weight excluding hydrogens is 278 g/mol. The summed E-state index contributed by atoms with van der Waals surface area (Å²) in [7, 11) is 3.93. The van der Waals surface area contributed by atoms with Crippen LogP contribution in [0.15, 0.2) is 48.5 Å². The summed E-state index contributed by atoms with van der Waals surface area (Å²) in [5, 5.41) is 0. The smallest absolute Gasteiger partial charge is 0.346 e. The van der Waals surface area contributed by atoms with Crippen molar-refractivity contribution < 1.29 is 14.3 Å². The number of carbonyl (C=O) groups is 2. The van der Waals surface area contributed by atoms with Crippen LogP contribution in [0.1, 0.15) is 21.5 Å². The predicted molar refractivity (Wildman–Crippen MR) is 85.5 cm³/mol. The molecule has 2 aromatic rings. The van der Waals surface area contributed by atoms with E-state index in [9.17, 15) is 9.59 Å². The molecular formula is C18H15NO3. The van der Waals surface area contributed by atoms with Crippen LogP contribution in [0.3, 0.4) is 0 Å². The highest BCUT2D eigenvalue weighted by Crippen LogP contribution is 2.28. The van der Waals surface area contributed by atoms with E-state index in [2.05, 4.69) is 0 Å². The van der Waals surface area contributed by atoms with Crippen molar-refractivity contribution in [1.29, 1.82) is 0 Å². The zero-order valence-corrected chi connectivity index (χ0v) is 12.4. The Hall–Kier alpha value is -2.88. The molecule has 2 aromatic carbocycles. The second-order valence-electron chi connectivity index (χ2n) is 5.27. The summed E-state index contributed by atoms with van der Waals surface area (Å²) in [6.45, 7) is 0. The number of rotatable bonds is 2. The largest absolute Gasteiger partial charge is 0.386 e. The minimum Gasteiger partial charge on any atom is -0.386 e. The van der Waals surface area contributed by atoms with Gasteiger partial charge in [-0.15, -0.1) is 0 Å². The number of cyclic esters (lactones) is 2. The molecule has 0 atom stereocenters. The van der Waals surface area contributed by atoms with Crippen molar-refractivity contribution in [3.63, 3.8) is 0 Å². The first-order chi connectivity index (χ1) is 10.6. The topological polar surface area (TPSA) is 46.6 Å². The lowest BCUT2D eigenvalue weighted by atomic mass is 9.95. The Balaban J connectivity index is 2.05. The van der Waals surface area contributed by atoms with E-state index in [0.717, 1.165) is 11.3 Å². The molecule has 1 aliphatic heterocycles. The standard InChI is InChI=1S/C18H15NO3/c1-19(2)13-9-7-12(8-10-13)11-16-14-5-3-4-6-15(14)17(20)22-18(16)21/h3-11H,1-2H3/b16-11-. The van der Waals surface area contributed by atoms with E-state index < -0.39 is 11.9 Å². The monoisotopic (exact) mass is 293 g/mol. The number of benzene rings is 2. The Bertz CT molecular complexity index is 773.